The summed E-state index contributed by atoms with van der Waals surface area (Å²) >= 11 is 1.74. The minimum absolute atomic E-state index is 0.103. The third-order valence-corrected chi connectivity index (χ3v) is 5.69. The van der Waals surface area contributed by atoms with Crippen molar-refractivity contribution in [3.05, 3.63) is 0 Å². The van der Waals surface area contributed by atoms with Crippen molar-refractivity contribution in [1.82, 2.24) is 14.3 Å². The molecule has 0 aromatic rings. The van der Waals surface area contributed by atoms with Crippen molar-refractivity contribution < 1.29 is 8.42 Å². The number of piperidine rings is 1. The smallest absolute Gasteiger partial charge is 0.279 e. The van der Waals surface area contributed by atoms with Crippen LogP contribution in [0.15, 0.2) is 0 Å². The fraction of sp³-hybridized carbons (Fsp3) is 1.00. The summed E-state index contributed by atoms with van der Waals surface area (Å²) in [5.41, 5.74) is 0. The first-order chi connectivity index (χ1) is 9.11. The van der Waals surface area contributed by atoms with Gasteiger partial charge in [-0.25, -0.2) is 4.72 Å². The summed E-state index contributed by atoms with van der Waals surface area (Å²) in [6.45, 7) is 4.86. The molecule has 0 aromatic heterocycles. The normalized spacial score (nSPS) is 21.7. The number of likely N-dealkylation sites (N-methyl/N-ethyl adjacent to an activating group) is 1. The maximum absolute atomic E-state index is 12.3. The van der Waals surface area contributed by atoms with Crippen LogP contribution < -0.4 is 10.0 Å². The van der Waals surface area contributed by atoms with Crippen molar-refractivity contribution in [2.24, 2.45) is 0 Å². The molecule has 1 aliphatic rings. The average molecular weight is 310 g/mol. The molecule has 0 aromatic carbocycles. The highest BCUT2D eigenvalue weighted by Gasteiger charge is 2.31. The number of rotatable bonds is 9. The van der Waals surface area contributed by atoms with E-state index in [1.807, 2.05) is 13.2 Å². The van der Waals surface area contributed by atoms with E-state index in [0.717, 1.165) is 44.5 Å². The Bertz CT molecular complexity index is 336. The average Bonchev–Trinajstić information content (AvgIpc) is 2.41. The molecule has 1 atom stereocenters. The second-order valence-electron chi connectivity index (χ2n) is 4.81. The molecule has 0 radical (unpaired) electrons. The Hall–Kier alpha value is 0.180. The maximum atomic E-state index is 12.3. The molecule has 1 fully saturated rings. The quantitative estimate of drug-likeness (QED) is 0.625. The van der Waals surface area contributed by atoms with Crippen LogP contribution >= 0.6 is 11.8 Å². The first-order valence-corrected chi connectivity index (χ1v) is 9.91. The molecular weight excluding hydrogens is 282 g/mol. The van der Waals surface area contributed by atoms with E-state index < -0.39 is 10.2 Å². The standard InChI is InChI=1S/C12H27N3O2S2/c1-3-13-11-12-7-4-5-9-15(12)19(16,17)14-8-6-10-18-2/h12-14H,3-11H2,1-2H3. The summed E-state index contributed by atoms with van der Waals surface area (Å²) in [7, 11) is -3.31. The van der Waals surface area contributed by atoms with E-state index in [2.05, 4.69) is 10.0 Å². The topological polar surface area (TPSA) is 61.4 Å². The molecule has 1 unspecified atom stereocenters. The molecule has 114 valence electrons. The van der Waals surface area contributed by atoms with Crippen LogP contribution in [0.4, 0.5) is 0 Å². The van der Waals surface area contributed by atoms with Crippen molar-refractivity contribution in [3.63, 3.8) is 0 Å². The van der Waals surface area contributed by atoms with Gasteiger partial charge in [0.2, 0.25) is 0 Å². The molecule has 19 heavy (non-hydrogen) atoms. The molecule has 7 heteroatoms. The van der Waals surface area contributed by atoms with Crippen molar-refractivity contribution in [3.8, 4) is 0 Å². The summed E-state index contributed by atoms with van der Waals surface area (Å²) in [4.78, 5) is 0. The third kappa shape index (κ3) is 5.99. The Morgan fingerprint density at radius 3 is 2.84 bits per heavy atom. The summed E-state index contributed by atoms with van der Waals surface area (Å²) in [6, 6.07) is 0.103. The Morgan fingerprint density at radius 1 is 1.37 bits per heavy atom. The van der Waals surface area contributed by atoms with Gasteiger partial charge in [-0.1, -0.05) is 13.3 Å². The van der Waals surface area contributed by atoms with Crippen molar-refractivity contribution in [1.29, 1.82) is 0 Å². The lowest BCUT2D eigenvalue weighted by atomic mass is 10.1. The van der Waals surface area contributed by atoms with Gasteiger partial charge >= 0.3 is 0 Å². The minimum Gasteiger partial charge on any atom is -0.315 e. The predicted molar refractivity (Wildman–Crippen MR) is 82.8 cm³/mol. The van der Waals surface area contributed by atoms with E-state index in [1.54, 1.807) is 16.1 Å². The third-order valence-electron chi connectivity index (χ3n) is 3.32. The fourth-order valence-electron chi connectivity index (χ4n) is 2.31. The van der Waals surface area contributed by atoms with Crippen LogP contribution in [0.2, 0.25) is 0 Å². The number of nitrogens with zero attached hydrogens (tertiary/aromatic N) is 1. The number of hydrogen-bond donors (Lipinski definition) is 2. The highest BCUT2D eigenvalue weighted by molar-refractivity contribution is 7.98. The van der Waals surface area contributed by atoms with E-state index in [-0.39, 0.29) is 6.04 Å². The van der Waals surface area contributed by atoms with Gasteiger partial charge in [-0.05, 0) is 37.8 Å². The van der Waals surface area contributed by atoms with Gasteiger partial charge in [-0.2, -0.15) is 24.5 Å². The molecule has 0 spiro atoms. The second-order valence-corrected chi connectivity index (χ2v) is 7.51. The van der Waals surface area contributed by atoms with Crippen molar-refractivity contribution in [2.45, 2.75) is 38.6 Å². The largest absolute Gasteiger partial charge is 0.315 e. The van der Waals surface area contributed by atoms with Crippen LogP contribution in [0.1, 0.15) is 32.6 Å². The van der Waals surface area contributed by atoms with E-state index in [9.17, 15) is 8.42 Å². The SMILES string of the molecule is CCNCC1CCCCN1S(=O)(=O)NCCCSC. The summed E-state index contributed by atoms with van der Waals surface area (Å²) in [6.07, 6.45) is 5.96. The van der Waals surface area contributed by atoms with Gasteiger partial charge in [-0.3, -0.25) is 0 Å². The van der Waals surface area contributed by atoms with Crippen LogP contribution in [0.5, 0.6) is 0 Å². The number of hydrogen-bond acceptors (Lipinski definition) is 4. The monoisotopic (exact) mass is 309 g/mol. The van der Waals surface area contributed by atoms with Crippen LogP contribution in [0.25, 0.3) is 0 Å². The van der Waals surface area contributed by atoms with Gasteiger partial charge in [0.25, 0.3) is 10.2 Å². The van der Waals surface area contributed by atoms with Gasteiger partial charge in [0, 0.05) is 25.7 Å². The molecule has 0 aliphatic carbocycles. The molecule has 1 rings (SSSR count). The van der Waals surface area contributed by atoms with Gasteiger partial charge in [0.1, 0.15) is 0 Å². The maximum Gasteiger partial charge on any atom is 0.279 e. The first-order valence-electron chi connectivity index (χ1n) is 7.08. The van der Waals surface area contributed by atoms with Gasteiger partial charge < -0.3 is 5.32 Å². The summed E-state index contributed by atoms with van der Waals surface area (Å²) in [5.74, 6) is 0.989. The molecule has 5 nitrogen and oxygen atoms in total. The first kappa shape index (κ1) is 17.2. The number of thioether (sulfide) groups is 1. The molecule has 2 N–H and O–H groups in total. The minimum atomic E-state index is -3.31. The van der Waals surface area contributed by atoms with Crippen LogP contribution in [-0.2, 0) is 10.2 Å². The lowest BCUT2D eigenvalue weighted by Crippen LogP contribution is -2.52. The van der Waals surface area contributed by atoms with Crippen LogP contribution in [0, 0.1) is 0 Å². The van der Waals surface area contributed by atoms with E-state index in [4.69, 9.17) is 0 Å². The molecule has 0 amide bonds. The molecule has 1 saturated heterocycles. The van der Waals surface area contributed by atoms with Crippen LogP contribution in [0.3, 0.4) is 0 Å². The van der Waals surface area contributed by atoms with E-state index in [1.165, 1.54) is 0 Å². The van der Waals surface area contributed by atoms with Crippen LogP contribution in [-0.4, -0.2) is 57.0 Å². The van der Waals surface area contributed by atoms with Crippen molar-refractivity contribution >= 4 is 22.0 Å². The molecule has 0 bridgehead atoms. The molecular formula is C12H27N3O2S2. The highest BCUT2D eigenvalue weighted by atomic mass is 32.2. The van der Waals surface area contributed by atoms with E-state index in [0.29, 0.717) is 13.1 Å². The Balaban J connectivity index is 2.51. The highest BCUT2D eigenvalue weighted by Crippen LogP contribution is 2.19. The lowest BCUT2D eigenvalue weighted by molar-refractivity contribution is 0.244. The van der Waals surface area contributed by atoms with E-state index >= 15 is 0 Å². The summed E-state index contributed by atoms with van der Waals surface area (Å²) < 4.78 is 29.0. The zero-order chi connectivity index (χ0) is 14.1. The lowest BCUT2D eigenvalue weighted by Gasteiger charge is -2.34. The van der Waals surface area contributed by atoms with Gasteiger partial charge in [0.15, 0.2) is 0 Å². The molecule has 0 saturated carbocycles. The fourth-order valence-corrected chi connectivity index (χ4v) is 4.25. The van der Waals surface area contributed by atoms with Gasteiger partial charge in [-0.15, -0.1) is 0 Å². The summed E-state index contributed by atoms with van der Waals surface area (Å²) in [5, 5.41) is 3.26. The Labute approximate surface area is 122 Å². The van der Waals surface area contributed by atoms with Crippen molar-refractivity contribution in [2.75, 3.05) is 38.2 Å². The second kappa shape index (κ2) is 9.18. The molecule has 1 heterocycles. The number of nitrogens with one attached hydrogen (secondary N) is 2. The Morgan fingerprint density at radius 2 is 2.16 bits per heavy atom. The zero-order valence-electron chi connectivity index (χ0n) is 12.0. The van der Waals surface area contributed by atoms with Gasteiger partial charge in [0.05, 0.1) is 0 Å². The molecule has 1 aliphatic heterocycles. The predicted octanol–water partition coefficient (Wildman–Crippen LogP) is 1.04. The zero-order valence-corrected chi connectivity index (χ0v) is 13.7. The Kier molecular flexibility index (Phi) is 8.32.